The molecule has 0 aliphatic rings. The topological polar surface area (TPSA) is 50.9 Å². The molecule has 41 heavy (non-hydrogen) atoms. The number of fused-ring (bicyclic) bond motifs is 3. The summed E-state index contributed by atoms with van der Waals surface area (Å²) in [7, 11) is 0. The van der Waals surface area contributed by atoms with Gasteiger partial charge in [0.2, 0.25) is 0 Å². The first-order valence-corrected chi connectivity index (χ1v) is 13.8. The molecular weight excluding hydrogens is 502 g/mol. The summed E-state index contributed by atoms with van der Waals surface area (Å²) in [6, 6.07) is 43.2. The van der Waals surface area contributed by atoms with Gasteiger partial charge in [0, 0.05) is 27.9 Å². The molecule has 3 aromatic heterocycles. The maximum absolute atomic E-state index is 10.8. The molecule has 4 aromatic carbocycles. The quantitative estimate of drug-likeness (QED) is 0.241. The molecule has 4 nitrogen and oxygen atoms in total. The van der Waals surface area contributed by atoms with E-state index in [4.69, 9.17) is 9.97 Å². The fourth-order valence-corrected chi connectivity index (χ4v) is 5.71. The third-order valence-electron chi connectivity index (χ3n) is 8.01. The zero-order valence-electron chi connectivity index (χ0n) is 23.0. The molecule has 0 aliphatic carbocycles. The molecule has 0 radical (unpaired) electrons. The van der Waals surface area contributed by atoms with Gasteiger partial charge in [-0.05, 0) is 71.3 Å². The van der Waals surface area contributed by atoms with E-state index in [1.807, 2.05) is 54.7 Å². The summed E-state index contributed by atoms with van der Waals surface area (Å²) in [6.45, 7) is 4.44. The van der Waals surface area contributed by atoms with Gasteiger partial charge in [-0.1, -0.05) is 86.6 Å². The van der Waals surface area contributed by atoms with E-state index in [0.717, 1.165) is 55.6 Å². The average molecular weight is 532 g/mol. The molecular formula is C37H29N3O. The largest absolute Gasteiger partial charge is 0.506 e. The van der Waals surface area contributed by atoms with Crippen molar-refractivity contribution < 1.29 is 5.11 Å². The Bertz CT molecular complexity index is 2030. The maximum atomic E-state index is 10.8. The van der Waals surface area contributed by atoms with Crippen molar-refractivity contribution in [3.05, 3.63) is 145 Å². The Hall–Kier alpha value is -5.22. The monoisotopic (exact) mass is 531 g/mol. The fraction of sp³-hybridized carbons (Fsp3) is 0.0811. The Morgan fingerprint density at radius 2 is 1.37 bits per heavy atom. The average Bonchev–Trinajstić information content (AvgIpc) is 3.35. The molecule has 0 spiro atoms. The number of hydrogen-bond donors (Lipinski definition) is 1. The molecule has 0 bridgehead atoms. The Morgan fingerprint density at radius 1 is 0.634 bits per heavy atom. The lowest BCUT2D eigenvalue weighted by Crippen LogP contribution is -2.20. The van der Waals surface area contributed by atoms with Crippen LogP contribution < -0.4 is 0 Å². The molecule has 7 rings (SSSR count). The molecule has 3 heterocycles. The molecule has 0 saturated carbocycles. The summed E-state index contributed by atoms with van der Waals surface area (Å²) in [5.74, 6) is 0.216. The second-order valence-electron chi connectivity index (χ2n) is 10.9. The minimum atomic E-state index is -0.324. The Kier molecular flexibility index (Phi) is 5.90. The van der Waals surface area contributed by atoms with Crippen molar-refractivity contribution in [1.29, 1.82) is 0 Å². The first-order valence-electron chi connectivity index (χ1n) is 13.8. The van der Waals surface area contributed by atoms with Gasteiger partial charge < -0.3 is 5.11 Å². The van der Waals surface area contributed by atoms with E-state index in [9.17, 15) is 5.11 Å². The van der Waals surface area contributed by atoms with Gasteiger partial charge in [-0.25, -0.2) is 4.98 Å². The summed E-state index contributed by atoms with van der Waals surface area (Å²) in [4.78, 5) is 9.97. The third kappa shape index (κ3) is 4.25. The summed E-state index contributed by atoms with van der Waals surface area (Å²) in [5.41, 5.74) is 8.55. The van der Waals surface area contributed by atoms with Crippen LogP contribution in [0.25, 0.3) is 50.0 Å². The van der Waals surface area contributed by atoms with Crippen LogP contribution in [0.5, 0.6) is 5.75 Å². The van der Waals surface area contributed by atoms with E-state index in [-0.39, 0.29) is 11.2 Å². The molecule has 0 fully saturated rings. The van der Waals surface area contributed by atoms with Crippen LogP contribution in [0.4, 0.5) is 0 Å². The summed E-state index contributed by atoms with van der Waals surface area (Å²) < 4.78 is 2.06. The van der Waals surface area contributed by atoms with Crippen molar-refractivity contribution in [1.82, 2.24) is 14.5 Å². The number of phenols is 1. The molecule has 0 saturated heterocycles. The van der Waals surface area contributed by atoms with E-state index in [2.05, 4.69) is 91.2 Å². The first kappa shape index (κ1) is 24.8. The van der Waals surface area contributed by atoms with E-state index in [0.29, 0.717) is 5.69 Å². The Morgan fingerprint density at radius 3 is 2.17 bits per heavy atom. The van der Waals surface area contributed by atoms with Gasteiger partial charge in [-0.15, -0.1) is 0 Å². The number of pyridine rings is 2. The summed E-state index contributed by atoms with van der Waals surface area (Å²) in [6.07, 6.45) is 1.85. The first-order chi connectivity index (χ1) is 20.0. The van der Waals surface area contributed by atoms with Crippen LogP contribution in [0.15, 0.2) is 134 Å². The lowest BCUT2D eigenvalue weighted by atomic mass is 9.79. The second kappa shape index (κ2) is 9.76. The van der Waals surface area contributed by atoms with Gasteiger partial charge in [0.25, 0.3) is 0 Å². The number of para-hydroxylation sites is 3. The zero-order valence-corrected chi connectivity index (χ0v) is 23.0. The number of nitrogens with zero attached hydrogens (tertiary/aromatic N) is 3. The Labute approximate surface area is 239 Å². The zero-order chi connectivity index (χ0) is 28.0. The highest BCUT2D eigenvalue weighted by Gasteiger charge is 2.26. The van der Waals surface area contributed by atoms with Crippen LogP contribution in [0.2, 0.25) is 0 Å². The van der Waals surface area contributed by atoms with Crippen molar-refractivity contribution in [2.75, 3.05) is 0 Å². The van der Waals surface area contributed by atoms with Gasteiger partial charge in [-0.2, -0.15) is 0 Å². The van der Waals surface area contributed by atoms with Crippen LogP contribution in [-0.2, 0) is 5.41 Å². The van der Waals surface area contributed by atoms with Crippen molar-refractivity contribution in [2.45, 2.75) is 19.3 Å². The standard InChI is InChI=1S/C37H29N3O/c1-37(2,35-18-10-11-21-38-35)28-23-26(25-12-4-3-5-13-25)22-27(24-28)31-20-19-30-29-14-6-7-15-32(29)40(36(30)39-31)33-16-8-9-17-34(33)41/h3-24,41H,1-2H3. The van der Waals surface area contributed by atoms with Crippen LogP contribution in [0.1, 0.15) is 25.1 Å². The smallest absolute Gasteiger partial charge is 0.146 e. The summed E-state index contributed by atoms with van der Waals surface area (Å²) in [5, 5.41) is 13.0. The van der Waals surface area contributed by atoms with Crippen molar-refractivity contribution in [2.24, 2.45) is 0 Å². The van der Waals surface area contributed by atoms with Crippen molar-refractivity contribution >= 4 is 21.9 Å². The number of aromatic hydroxyl groups is 1. The summed E-state index contributed by atoms with van der Waals surface area (Å²) >= 11 is 0. The number of phenolic OH excluding ortho intramolecular Hbond substituents is 1. The molecule has 0 unspecified atom stereocenters. The number of rotatable bonds is 5. The molecule has 7 aromatic rings. The SMILES string of the molecule is CC(C)(c1cc(-c2ccccc2)cc(-c2ccc3c4ccccc4n(-c4ccccc4O)c3n2)c1)c1ccccn1. The van der Waals surface area contributed by atoms with E-state index < -0.39 is 0 Å². The van der Waals surface area contributed by atoms with Crippen LogP contribution in [0, 0.1) is 0 Å². The van der Waals surface area contributed by atoms with Gasteiger partial charge in [0.15, 0.2) is 0 Å². The van der Waals surface area contributed by atoms with E-state index >= 15 is 0 Å². The number of hydrogen-bond acceptors (Lipinski definition) is 3. The van der Waals surface area contributed by atoms with Crippen molar-refractivity contribution in [3.63, 3.8) is 0 Å². The van der Waals surface area contributed by atoms with Gasteiger partial charge in [0.05, 0.1) is 22.6 Å². The minimum Gasteiger partial charge on any atom is -0.506 e. The highest BCUT2D eigenvalue weighted by molar-refractivity contribution is 6.08. The van der Waals surface area contributed by atoms with Crippen LogP contribution in [-0.4, -0.2) is 19.6 Å². The molecule has 4 heteroatoms. The molecule has 0 amide bonds. The second-order valence-corrected chi connectivity index (χ2v) is 10.9. The molecule has 0 atom stereocenters. The number of aromatic nitrogens is 3. The maximum Gasteiger partial charge on any atom is 0.146 e. The predicted molar refractivity (Wildman–Crippen MR) is 167 cm³/mol. The lowest BCUT2D eigenvalue weighted by Gasteiger charge is -2.26. The third-order valence-corrected chi connectivity index (χ3v) is 8.01. The lowest BCUT2D eigenvalue weighted by molar-refractivity contribution is 0.473. The fourth-order valence-electron chi connectivity index (χ4n) is 5.71. The van der Waals surface area contributed by atoms with Crippen LogP contribution in [0.3, 0.4) is 0 Å². The Balaban J connectivity index is 1.48. The van der Waals surface area contributed by atoms with Gasteiger partial charge >= 0.3 is 0 Å². The van der Waals surface area contributed by atoms with E-state index in [1.54, 1.807) is 6.07 Å². The predicted octanol–water partition coefficient (Wildman–Crippen LogP) is 8.94. The van der Waals surface area contributed by atoms with Gasteiger partial charge in [-0.3, -0.25) is 9.55 Å². The van der Waals surface area contributed by atoms with E-state index in [1.165, 1.54) is 0 Å². The molecule has 1 N–H and O–H groups in total. The normalized spacial score (nSPS) is 11.8. The van der Waals surface area contributed by atoms with Gasteiger partial charge in [0.1, 0.15) is 11.4 Å². The highest BCUT2D eigenvalue weighted by Crippen LogP contribution is 2.38. The molecule has 198 valence electrons. The van der Waals surface area contributed by atoms with Crippen LogP contribution >= 0.6 is 0 Å². The molecule has 0 aliphatic heterocycles. The van der Waals surface area contributed by atoms with Crippen molar-refractivity contribution in [3.8, 4) is 33.8 Å². The highest BCUT2D eigenvalue weighted by atomic mass is 16.3. The minimum absolute atomic E-state index is 0.216. The number of benzene rings is 4.